The molecule has 162 valence electrons. The molecule has 0 radical (unpaired) electrons. The summed E-state index contributed by atoms with van der Waals surface area (Å²) in [5.41, 5.74) is 2.91. The number of anilines is 1. The molecule has 0 unspecified atom stereocenters. The van der Waals surface area contributed by atoms with Crippen LogP contribution in [0.5, 0.6) is 0 Å². The first-order valence-corrected chi connectivity index (χ1v) is 11.5. The molecule has 3 aromatic carbocycles. The topological polar surface area (TPSA) is 93.1 Å². The summed E-state index contributed by atoms with van der Waals surface area (Å²) < 4.78 is 29.4. The number of nitrogens with zero attached hydrogens (tertiary/aromatic N) is 2. The van der Waals surface area contributed by atoms with Gasteiger partial charge in [0.15, 0.2) is 0 Å². The largest absolute Gasteiger partial charge is 0.348 e. The number of amides is 1. The number of aromatic nitrogens is 2. The molecule has 0 aliphatic carbocycles. The smallest absolute Gasteiger partial charge is 0.261 e. The minimum Gasteiger partial charge on any atom is -0.348 e. The molecule has 2 N–H and O–H groups in total. The van der Waals surface area contributed by atoms with E-state index in [1.165, 1.54) is 24.3 Å². The average Bonchev–Trinajstić information content (AvgIpc) is 3.32. The van der Waals surface area contributed by atoms with E-state index >= 15 is 0 Å². The summed E-state index contributed by atoms with van der Waals surface area (Å²) in [5.74, 6) is -0.279. The van der Waals surface area contributed by atoms with Crippen molar-refractivity contribution in [2.24, 2.45) is 0 Å². The van der Waals surface area contributed by atoms with E-state index in [0.29, 0.717) is 24.3 Å². The van der Waals surface area contributed by atoms with Crippen LogP contribution in [0.25, 0.3) is 0 Å². The Morgan fingerprint density at radius 3 is 2.22 bits per heavy atom. The van der Waals surface area contributed by atoms with Crippen molar-refractivity contribution in [1.82, 2.24) is 15.1 Å². The molecule has 0 aliphatic rings. The van der Waals surface area contributed by atoms with Gasteiger partial charge in [-0.1, -0.05) is 42.5 Å². The van der Waals surface area contributed by atoms with Crippen LogP contribution in [0, 0.1) is 0 Å². The molecule has 1 heterocycles. The zero-order valence-corrected chi connectivity index (χ0v) is 18.0. The van der Waals surface area contributed by atoms with E-state index in [1.807, 2.05) is 41.2 Å². The zero-order valence-electron chi connectivity index (χ0n) is 17.2. The predicted octanol–water partition coefficient (Wildman–Crippen LogP) is 3.66. The van der Waals surface area contributed by atoms with Gasteiger partial charge in [0.1, 0.15) is 0 Å². The standard InChI is InChI=1S/C24H22N4O3S/c29-24(25-17-20-7-4-5-8-21(20)18-28-16-6-15-26-28)19-11-13-23(14-12-19)32(30,31)27-22-9-2-1-3-10-22/h1-16,27H,17-18H2,(H,25,29). The van der Waals surface area contributed by atoms with Gasteiger partial charge in [0, 0.05) is 30.2 Å². The molecule has 0 spiro atoms. The van der Waals surface area contributed by atoms with E-state index < -0.39 is 10.0 Å². The number of carbonyl (C=O) groups excluding carboxylic acids is 1. The number of hydrogen-bond donors (Lipinski definition) is 2. The molecule has 4 rings (SSSR count). The monoisotopic (exact) mass is 446 g/mol. The lowest BCUT2D eigenvalue weighted by Gasteiger charge is -2.12. The Morgan fingerprint density at radius 1 is 0.844 bits per heavy atom. The maximum Gasteiger partial charge on any atom is 0.261 e. The highest BCUT2D eigenvalue weighted by atomic mass is 32.2. The van der Waals surface area contributed by atoms with Crippen molar-refractivity contribution in [2.75, 3.05) is 4.72 Å². The summed E-state index contributed by atoms with van der Waals surface area (Å²) >= 11 is 0. The van der Waals surface area contributed by atoms with Crippen LogP contribution in [-0.2, 0) is 23.1 Å². The van der Waals surface area contributed by atoms with E-state index in [0.717, 1.165) is 11.1 Å². The third-order valence-corrected chi connectivity index (χ3v) is 6.30. The lowest BCUT2D eigenvalue weighted by Crippen LogP contribution is -2.23. The molecule has 0 bridgehead atoms. The summed E-state index contributed by atoms with van der Waals surface area (Å²) in [4.78, 5) is 12.7. The Balaban J connectivity index is 1.41. The van der Waals surface area contributed by atoms with Crippen molar-refractivity contribution in [3.63, 3.8) is 0 Å². The number of benzene rings is 3. The van der Waals surface area contributed by atoms with Crippen LogP contribution in [0.1, 0.15) is 21.5 Å². The third kappa shape index (κ3) is 5.22. The molecule has 0 atom stereocenters. The summed E-state index contributed by atoms with van der Waals surface area (Å²) in [7, 11) is -3.73. The van der Waals surface area contributed by atoms with Crippen LogP contribution < -0.4 is 10.0 Å². The lowest BCUT2D eigenvalue weighted by atomic mass is 10.1. The molecular formula is C24H22N4O3S. The number of nitrogens with one attached hydrogen (secondary N) is 2. The molecule has 4 aromatic rings. The van der Waals surface area contributed by atoms with Gasteiger partial charge < -0.3 is 5.32 Å². The van der Waals surface area contributed by atoms with Crippen molar-refractivity contribution in [2.45, 2.75) is 18.0 Å². The van der Waals surface area contributed by atoms with Crippen LogP contribution in [0.3, 0.4) is 0 Å². The highest BCUT2D eigenvalue weighted by Crippen LogP contribution is 2.17. The number of carbonyl (C=O) groups is 1. The molecule has 0 aliphatic heterocycles. The number of rotatable bonds is 8. The Kier molecular flexibility index (Phi) is 6.32. The number of hydrogen-bond acceptors (Lipinski definition) is 4. The molecule has 1 aromatic heterocycles. The fourth-order valence-electron chi connectivity index (χ4n) is 3.24. The van der Waals surface area contributed by atoms with Crippen molar-refractivity contribution < 1.29 is 13.2 Å². The normalized spacial score (nSPS) is 11.1. The van der Waals surface area contributed by atoms with E-state index in [9.17, 15) is 13.2 Å². The van der Waals surface area contributed by atoms with Crippen molar-refractivity contribution in [3.8, 4) is 0 Å². The Morgan fingerprint density at radius 2 is 1.53 bits per heavy atom. The summed E-state index contributed by atoms with van der Waals surface area (Å²) in [6, 6.07) is 24.2. The van der Waals surface area contributed by atoms with Gasteiger partial charge in [-0.15, -0.1) is 0 Å². The van der Waals surface area contributed by atoms with Crippen molar-refractivity contribution >= 4 is 21.6 Å². The minimum absolute atomic E-state index is 0.0856. The lowest BCUT2D eigenvalue weighted by molar-refractivity contribution is 0.0950. The minimum atomic E-state index is -3.73. The van der Waals surface area contributed by atoms with Crippen molar-refractivity contribution in [1.29, 1.82) is 0 Å². The van der Waals surface area contributed by atoms with Gasteiger partial charge in [-0.25, -0.2) is 8.42 Å². The summed E-state index contributed by atoms with van der Waals surface area (Å²) in [6.07, 6.45) is 3.61. The van der Waals surface area contributed by atoms with Gasteiger partial charge in [0.05, 0.1) is 11.4 Å². The Labute approximate surface area is 186 Å². The first-order chi connectivity index (χ1) is 15.5. The Hall–Kier alpha value is -3.91. The average molecular weight is 447 g/mol. The van der Waals surface area contributed by atoms with Gasteiger partial charge in [-0.3, -0.25) is 14.2 Å². The van der Waals surface area contributed by atoms with Crippen LogP contribution >= 0.6 is 0 Å². The summed E-state index contributed by atoms with van der Waals surface area (Å²) in [5, 5.41) is 7.12. The molecule has 8 heteroatoms. The van der Waals surface area contributed by atoms with Crippen LogP contribution in [0.15, 0.2) is 102 Å². The zero-order chi connectivity index (χ0) is 22.4. The van der Waals surface area contributed by atoms with Crippen molar-refractivity contribution in [3.05, 3.63) is 114 Å². The van der Waals surface area contributed by atoms with Gasteiger partial charge in [-0.05, 0) is 53.6 Å². The first-order valence-electron chi connectivity index (χ1n) is 10.0. The highest BCUT2D eigenvalue weighted by Gasteiger charge is 2.15. The van der Waals surface area contributed by atoms with E-state index in [1.54, 1.807) is 36.5 Å². The fraction of sp³-hybridized carbons (Fsp3) is 0.0833. The van der Waals surface area contributed by atoms with E-state index in [4.69, 9.17) is 0 Å². The van der Waals surface area contributed by atoms with Crippen LogP contribution in [0.4, 0.5) is 5.69 Å². The second-order valence-electron chi connectivity index (χ2n) is 7.15. The van der Waals surface area contributed by atoms with E-state index in [-0.39, 0.29) is 10.8 Å². The SMILES string of the molecule is O=C(NCc1ccccc1Cn1cccn1)c1ccc(S(=O)(=O)Nc2ccccc2)cc1. The number of para-hydroxylation sites is 1. The first kappa shape index (κ1) is 21.3. The molecule has 0 saturated carbocycles. The molecule has 1 amide bonds. The number of sulfonamides is 1. The maximum absolute atomic E-state index is 12.6. The summed E-state index contributed by atoms with van der Waals surface area (Å²) in [6.45, 7) is 0.964. The molecule has 0 fully saturated rings. The second-order valence-corrected chi connectivity index (χ2v) is 8.83. The molecular weight excluding hydrogens is 424 g/mol. The van der Waals surface area contributed by atoms with Gasteiger partial charge in [0.2, 0.25) is 0 Å². The van der Waals surface area contributed by atoms with Crippen LogP contribution in [0.2, 0.25) is 0 Å². The van der Waals surface area contributed by atoms with Gasteiger partial charge in [0.25, 0.3) is 15.9 Å². The van der Waals surface area contributed by atoms with Gasteiger partial charge in [-0.2, -0.15) is 5.10 Å². The van der Waals surface area contributed by atoms with Gasteiger partial charge >= 0.3 is 0 Å². The molecule has 7 nitrogen and oxygen atoms in total. The van der Waals surface area contributed by atoms with E-state index in [2.05, 4.69) is 15.1 Å². The predicted molar refractivity (Wildman–Crippen MR) is 123 cm³/mol. The highest BCUT2D eigenvalue weighted by molar-refractivity contribution is 7.92. The van der Waals surface area contributed by atoms with Crippen LogP contribution in [-0.4, -0.2) is 24.1 Å². The fourth-order valence-corrected chi connectivity index (χ4v) is 4.29. The third-order valence-electron chi connectivity index (χ3n) is 4.90. The second kappa shape index (κ2) is 9.49. The molecule has 0 saturated heterocycles. The quantitative estimate of drug-likeness (QED) is 0.432. The molecule has 32 heavy (non-hydrogen) atoms. The maximum atomic E-state index is 12.6. The Bertz CT molecular complexity index is 1290.